The third-order valence-corrected chi connectivity index (χ3v) is 4.63. The third-order valence-electron chi connectivity index (χ3n) is 4.63. The number of nitrogens with zero attached hydrogens (tertiary/aromatic N) is 3. The van der Waals surface area contributed by atoms with E-state index < -0.39 is 0 Å². The highest BCUT2D eigenvalue weighted by Crippen LogP contribution is 2.23. The number of carbonyl (C=O) groups excluding carboxylic acids is 1. The zero-order chi connectivity index (χ0) is 16.9. The third kappa shape index (κ3) is 3.64. The summed E-state index contributed by atoms with van der Waals surface area (Å²) >= 11 is 0. The lowest BCUT2D eigenvalue weighted by atomic mass is 10.0. The number of esters is 1. The van der Waals surface area contributed by atoms with Crippen LogP contribution in [0.15, 0.2) is 24.7 Å². The highest BCUT2D eigenvalue weighted by molar-refractivity contribution is 5.90. The van der Waals surface area contributed by atoms with Gasteiger partial charge in [0, 0.05) is 25.0 Å². The smallest absolute Gasteiger partial charge is 0.338 e. The maximum absolute atomic E-state index is 11.9. The van der Waals surface area contributed by atoms with E-state index in [1.807, 2.05) is 6.92 Å². The van der Waals surface area contributed by atoms with Crippen molar-refractivity contribution < 1.29 is 9.53 Å². The number of rotatable bonds is 4. The molecule has 0 amide bonds. The van der Waals surface area contributed by atoms with Crippen molar-refractivity contribution >= 4 is 5.97 Å². The van der Waals surface area contributed by atoms with E-state index in [2.05, 4.69) is 21.2 Å². The van der Waals surface area contributed by atoms with E-state index in [1.54, 1.807) is 18.5 Å². The predicted octanol–water partition coefficient (Wildman–Crippen LogP) is 2.28. The summed E-state index contributed by atoms with van der Waals surface area (Å²) in [6.45, 7) is 4.14. The van der Waals surface area contributed by atoms with E-state index in [4.69, 9.17) is 9.84 Å². The summed E-state index contributed by atoms with van der Waals surface area (Å²) in [5.74, 6) is -0.327. The quantitative estimate of drug-likeness (QED) is 0.872. The maximum atomic E-state index is 11.9. The number of carbonyl (C=O) groups is 1. The second kappa shape index (κ2) is 7.57. The lowest BCUT2D eigenvalue weighted by Crippen LogP contribution is -2.15. The van der Waals surface area contributed by atoms with E-state index in [1.165, 1.54) is 13.5 Å². The van der Waals surface area contributed by atoms with E-state index in [0.717, 1.165) is 42.8 Å². The number of aryl methyl sites for hydroxylation is 1. The molecule has 0 aromatic carbocycles. The second-order valence-electron chi connectivity index (χ2n) is 6.26. The van der Waals surface area contributed by atoms with Gasteiger partial charge < -0.3 is 10.1 Å². The lowest BCUT2D eigenvalue weighted by Gasteiger charge is -2.14. The molecule has 3 heterocycles. The molecule has 24 heavy (non-hydrogen) atoms. The van der Waals surface area contributed by atoms with Gasteiger partial charge in [-0.2, -0.15) is 5.10 Å². The minimum atomic E-state index is -0.327. The Labute approximate surface area is 142 Å². The number of nitrogens with one attached hydrogen (secondary N) is 1. The van der Waals surface area contributed by atoms with E-state index in [-0.39, 0.29) is 5.97 Å². The Kier molecular flexibility index (Phi) is 5.25. The van der Waals surface area contributed by atoms with Crippen molar-refractivity contribution in [2.75, 3.05) is 20.2 Å². The molecule has 3 rings (SSSR count). The Bertz CT molecular complexity index is 703. The van der Waals surface area contributed by atoms with Gasteiger partial charge in [0.05, 0.1) is 24.4 Å². The van der Waals surface area contributed by atoms with Gasteiger partial charge in [-0.15, -0.1) is 0 Å². The standard InChI is InChI=1S/C18H24N4O2/c1-13-15(10-14-11-20-9-6-17(14)18(23)24-2)12-22(21-13)16-4-3-7-19-8-5-16/h6,9,11-12,16,19H,3-5,7-8,10H2,1-2H3/t16-/m0/s1. The number of ether oxygens (including phenoxy) is 1. The molecule has 0 spiro atoms. The van der Waals surface area contributed by atoms with E-state index in [0.29, 0.717) is 18.0 Å². The molecule has 1 fully saturated rings. The fourth-order valence-corrected chi connectivity index (χ4v) is 3.23. The van der Waals surface area contributed by atoms with Crippen LogP contribution in [0.3, 0.4) is 0 Å². The Hall–Kier alpha value is -2.21. The molecule has 1 saturated heterocycles. The normalized spacial score (nSPS) is 18.2. The summed E-state index contributed by atoms with van der Waals surface area (Å²) in [7, 11) is 1.40. The van der Waals surface area contributed by atoms with Crippen molar-refractivity contribution in [3.8, 4) is 0 Å². The van der Waals surface area contributed by atoms with Gasteiger partial charge in [0.1, 0.15) is 0 Å². The molecule has 0 radical (unpaired) electrons. The molecule has 0 saturated carbocycles. The van der Waals surface area contributed by atoms with Gasteiger partial charge in [0.15, 0.2) is 0 Å². The van der Waals surface area contributed by atoms with Gasteiger partial charge in [-0.25, -0.2) is 4.79 Å². The van der Waals surface area contributed by atoms with Crippen molar-refractivity contribution in [2.24, 2.45) is 0 Å². The van der Waals surface area contributed by atoms with Crippen LogP contribution >= 0.6 is 0 Å². The Morgan fingerprint density at radius 2 is 2.25 bits per heavy atom. The summed E-state index contributed by atoms with van der Waals surface area (Å²) in [5, 5.41) is 8.15. The van der Waals surface area contributed by atoms with Crippen molar-refractivity contribution in [1.82, 2.24) is 20.1 Å². The zero-order valence-corrected chi connectivity index (χ0v) is 14.3. The van der Waals surface area contributed by atoms with Crippen LogP contribution in [0.5, 0.6) is 0 Å². The summed E-state index contributed by atoms with van der Waals surface area (Å²) in [6.07, 6.45) is 9.53. The molecule has 0 bridgehead atoms. The molecule has 2 aromatic heterocycles. The average molecular weight is 328 g/mol. The number of pyridine rings is 1. The molecule has 2 aromatic rings. The summed E-state index contributed by atoms with van der Waals surface area (Å²) in [6, 6.07) is 2.15. The number of hydrogen-bond acceptors (Lipinski definition) is 5. The SMILES string of the molecule is COC(=O)c1ccncc1Cc1cn([C@H]2CCCNCC2)nc1C. The number of aromatic nitrogens is 3. The molecular formula is C18H24N4O2. The monoisotopic (exact) mass is 328 g/mol. The van der Waals surface area contributed by atoms with Gasteiger partial charge in [0.25, 0.3) is 0 Å². The topological polar surface area (TPSA) is 69.0 Å². The van der Waals surface area contributed by atoms with Crippen LogP contribution in [0, 0.1) is 6.92 Å². The van der Waals surface area contributed by atoms with Crippen LogP contribution in [-0.2, 0) is 11.2 Å². The fourth-order valence-electron chi connectivity index (χ4n) is 3.23. The molecular weight excluding hydrogens is 304 g/mol. The first-order chi connectivity index (χ1) is 11.7. The molecule has 1 aliphatic rings. The fraction of sp³-hybridized carbons (Fsp3) is 0.500. The van der Waals surface area contributed by atoms with Crippen LogP contribution in [0.2, 0.25) is 0 Å². The van der Waals surface area contributed by atoms with Gasteiger partial charge in [-0.05, 0) is 56.5 Å². The van der Waals surface area contributed by atoms with Gasteiger partial charge in [0.2, 0.25) is 0 Å². The molecule has 128 valence electrons. The first kappa shape index (κ1) is 16.6. The lowest BCUT2D eigenvalue weighted by molar-refractivity contribution is 0.0599. The van der Waals surface area contributed by atoms with Crippen molar-refractivity contribution in [3.63, 3.8) is 0 Å². The highest BCUT2D eigenvalue weighted by atomic mass is 16.5. The Morgan fingerprint density at radius 1 is 1.38 bits per heavy atom. The Morgan fingerprint density at radius 3 is 3.08 bits per heavy atom. The maximum Gasteiger partial charge on any atom is 0.338 e. The Balaban J connectivity index is 1.82. The van der Waals surface area contributed by atoms with Crippen LogP contribution in [-0.4, -0.2) is 40.9 Å². The van der Waals surface area contributed by atoms with Crippen molar-refractivity contribution in [2.45, 2.75) is 38.6 Å². The second-order valence-corrected chi connectivity index (χ2v) is 6.26. The minimum absolute atomic E-state index is 0.327. The number of hydrogen-bond donors (Lipinski definition) is 1. The number of methoxy groups -OCH3 is 1. The summed E-state index contributed by atoms with van der Waals surface area (Å²) < 4.78 is 6.97. The molecule has 1 aliphatic heterocycles. The zero-order valence-electron chi connectivity index (χ0n) is 14.3. The van der Waals surface area contributed by atoms with Gasteiger partial charge in [-0.3, -0.25) is 9.67 Å². The van der Waals surface area contributed by atoms with Crippen LogP contribution in [0.25, 0.3) is 0 Å². The van der Waals surface area contributed by atoms with Crippen LogP contribution in [0.4, 0.5) is 0 Å². The molecule has 1 atom stereocenters. The predicted molar refractivity (Wildman–Crippen MR) is 91.1 cm³/mol. The first-order valence-electron chi connectivity index (χ1n) is 8.45. The molecule has 0 unspecified atom stereocenters. The van der Waals surface area contributed by atoms with Crippen LogP contribution < -0.4 is 5.32 Å². The van der Waals surface area contributed by atoms with Crippen molar-refractivity contribution in [3.05, 3.63) is 47.0 Å². The molecule has 1 N–H and O–H groups in total. The highest BCUT2D eigenvalue weighted by Gasteiger charge is 2.18. The molecule has 0 aliphatic carbocycles. The van der Waals surface area contributed by atoms with Gasteiger partial charge >= 0.3 is 5.97 Å². The molecule has 6 heteroatoms. The average Bonchev–Trinajstić information content (AvgIpc) is 2.81. The van der Waals surface area contributed by atoms with Crippen LogP contribution in [0.1, 0.15) is 52.5 Å². The summed E-state index contributed by atoms with van der Waals surface area (Å²) in [5.41, 5.74) is 3.57. The largest absolute Gasteiger partial charge is 0.465 e. The summed E-state index contributed by atoms with van der Waals surface area (Å²) in [4.78, 5) is 16.1. The van der Waals surface area contributed by atoms with Gasteiger partial charge in [-0.1, -0.05) is 0 Å². The van der Waals surface area contributed by atoms with E-state index >= 15 is 0 Å². The van der Waals surface area contributed by atoms with E-state index in [9.17, 15) is 4.79 Å². The molecule has 6 nitrogen and oxygen atoms in total. The van der Waals surface area contributed by atoms with Crippen molar-refractivity contribution in [1.29, 1.82) is 0 Å². The first-order valence-corrected chi connectivity index (χ1v) is 8.45. The minimum Gasteiger partial charge on any atom is -0.465 e.